The minimum absolute atomic E-state index is 0.0279. The number of aryl methyl sites for hydroxylation is 1. The van der Waals surface area contributed by atoms with Gasteiger partial charge in [-0.15, -0.1) is 0 Å². The smallest absolute Gasteiger partial charge is 0.343 e. The third kappa shape index (κ3) is 18.4. The molecule has 2 atom stereocenters. The van der Waals surface area contributed by atoms with Gasteiger partial charge in [0.1, 0.15) is 30.2 Å². The molecule has 7 rings (SSSR count). The van der Waals surface area contributed by atoms with Crippen LogP contribution in [-0.4, -0.2) is 190 Å². The average Bonchev–Trinajstić information content (AvgIpc) is 1.58. The number of aliphatic hydroxyl groups is 1. The highest BCUT2D eigenvalue weighted by Crippen LogP contribution is 2.46. The number of carbonyl (C=O) groups is 3. The van der Waals surface area contributed by atoms with E-state index in [1.54, 1.807) is 51.1 Å². The van der Waals surface area contributed by atoms with Crippen molar-refractivity contribution in [2.75, 3.05) is 152 Å². The zero-order valence-corrected chi connectivity index (χ0v) is 50.7. The molecule has 0 fully saturated rings. The summed E-state index contributed by atoms with van der Waals surface area (Å²) in [7, 11) is 0. The van der Waals surface area contributed by atoms with E-state index in [0.29, 0.717) is 214 Å². The highest BCUT2D eigenvalue weighted by molar-refractivity contribution is 6.06. The summed E-state index contributed by atoms with van der Waals surface area (Å²) in [4.78, 5) is 59.7. The van der Waals surface area contributed by atoms with E-state index < -0.39 is 46.2 Å². The van der Waals surface area contributed by atoms with Gasteiger partial charge in [0, 0.05) is 29.2 Å². The minimum Gasteiger partial charge on any atom is -0.491 e. The summed E-state index contributed by atoms with van der Waals surface area (Å²) >= 11 is 0. The summed E-state index contributed by atoms with van der Waals surface area (Å²) in [6.07, 6.45) is 1.78. The molecule has 0 bridgehead atoms. The second-order valence-electron chi connectivity index (χ2n) is 21.2. The Labute approximate surface area is 501 Å². The fraction of sp³-hybridized carbons (Fsp3) is 0.613. The van der Waals surface area contributed by atoms with Crippen molar-refractivity contribution in [2.24, 2.45) is 10.5 Å². The van der Waals surface area contributed by atoms with Crippen molar-refractivity contribution < 1.29 is 85.5 Å². The largest absolute Gasteiger partial charge is 0.491 e. The lowest BCUT2D eigenvalue weighted by Crippen LogP contribution is -2.48. The van der Waals surface area contributed by atoms with Crippen molar-refractivity contribution >= 4 is 34.4 Å². The van der Waals surface area contributed by atoms with Crippen molar-refractivity contribution in [3.05, 3.63) is 91.5 Å². The molecule has 2 aromatic carbocycles. The first-order chi connectivity index (χ1) is 41.7. The Bertz CT molecular complexity index is 2940. The van der Waals surface area contributed by atoms with Crippen molar-refractivity contribution in [3.63, 3.8) is 0 Å². The number of pyridine rings is 2. The third-order valence-corrected chi connectivity index (χ3v) is 15.0. The van der Waals surface area contributed by atoms with Crippen molar-refractivity contribution in [1.29, 1.82) is 0 Å². The molecule has 0 spiro atoms. The zero-order valence-electron chi connectivity index (χ0n) is 50.7. The number of esters is 1. The van der Waals surface area contributed by atoms with Gasteiger partial charge in [0.25, 0.3) is 11.5 Å². The molecule has 2 aliphatic heterocycles. The molecular formula is C62H86FN5O18. The van der Waals surface area contributed by atoms with E-state index in [-0.39, 0.29) is 30.7 Å². The molecule has 4 aromatic rings. The average molecular weight is 1210 g/mol. The molecule has 474 valence electrons. The number of ether oxygens (including phenoxy) is 13. The number of amides is 2. The van der Waals surface area contributed by atoms with E-state index in [1.807, 2.05) is 0 Å². The normalized spacial score (nSPS) is 16.3. The van der Waals surface area contributed by atoms with E-state index in [1.165, 1.54) is 24.5 Å². The standard InChI is InChI=1S/C62H86FN5O18/c1-7-15-74-16-17-75-18-19-76-20-21-77-22-23-78-24-25-79-26-27-80-28-29-81-30-31-82-32-33-83-34-35-84-36-37-85-45-11-9-44(10-12-45)43(4)66-67-59(71)61(5,6)58(70)65-51-14-13-46-42(3)50(63)39-52-54(46)55(51)47-40-68-53(56(47)64-52)38-49-48(57(68)69)41-86-60(72)62(49,73)8-2/h9-12,38-39,51,73H,7-8,13-37,40-41H2,1-6H3,(H,65,70)(H,67,71)/b66-43-/t51-,62-/m1/s1. The fourth-order valence-corrected chi connectivity index (χ4v) is 9.94. The number of nitrogens with one attached hydrogen (secondary N) is 2. The predicted octanol–water partition coefficient (Wildman–Crippen LogP) is 5.17. The van der Waals surface area contributed by atoms with Gasteiger partial charge in [-0.1, -0.05) is 13.8 Å². The summed E-state index contributed by atoms with van der Waals surface area (Å²) in [5.74, 6) is -1.89. The monoisotopic (exact) mass is 1210 g/mol. The fourth-order valence-electron chi connectivity index (χ4n) is 9.94. The Morgan fingerprint density at radius 2 is 1.20 bits per heavy atom. The van der Waals surface area contributed by atoms with Crippen LogP contribution in [0.5, 0.6) is 5.75 Å². The highest BCUT2D eigenvalue weighted by Gasteiger charge is 2.46. The minimum atomic E-state index is -2.03. The summed E-state index contributed by atoms with van der Waals surface area (Å²) in [5.41, 5.74) is 3.60. The van der Waals surface area contributed by atoms with Crippen molar-refractivity contribution in [1.82, 2.24) is 20.3 Å². The molecule has 0 radical (unpaired) electrons. The van der Waals surface area contributed by atoms with Gasteiger partial charge in [-0.2, -0.15) is 5.10 Å². The van der Waals surface area contributed by atoms with Gasteiger partial charge in [0.05, 0.1) is 180 Å². The number of benzene rings is 2. The zero-order chi connectivity index (χ0) is 61.3. The number of aromatic nitrogens is 2. The number of fused-ring (bicyclic) bond motifs is 5. The number of hydrogen-bond acceptors (Lipinski definition) is 20. The van der Waals surface area contributed by atoms with Gasteiger partial charge in [0.2, 0.25) is 5.91 Å². The van der Waals surface area contributed by atoms with Gasteiger partial charge in [0.15, 0.2) is 5.60 Å². The van der Waals surface area contributed by atoms with E-state index in [2.05, 4.69) is 22.8 Å². The molecule has 23 nitrogen and oxygen atoms in total. The van der Waals surface area contributed by atoms with Crippen LogP contribution in [0.3, 0.4) is 0 Å². The van der Waals surface area contributed by atoms with Crippen LogP contribution in [-0.2, 0) is 96.4 Å². The first kappa shape index (κ1) is 67.6. The maximum absolute atomic E-state index is 15.5. The molecule has 3 N–H and O–H groups in total. The second kappa shape index (κ2) is 34.6. The first-order valence-corrected chi connectivity index (χ1v) is 29.8. The number of halogens is 1. The first-order valence-electron chi connectivity index (χ1n) is 29.8. The molecule has 24 heteroatoms. The van der Waals surface area contributed by atoms with E-state index in [9.17, 15) is 24.3 Å². The van der Waals surface area contributed by atoms with Gasteiger partial charge in [-0.05, 0) is 106 Å². The number of nitrogens with zero attached hydrogens (tertiary/aromatic N) is 3. The lowest BCUT2D eigenvalue weighted by molar-refractivity contribution is -0.172. The number of cyclic esters (lactones) is 1. The maximum atomic E-state index is 15.5. The highest BCUT2D eigenvalue weighted by atomic mass is 19.1. The van der Waals surface area contributed by atoms with Crippen LogP contribution in [0.15, 0.2) is 46.3 Å². The molecule has 86 heavy (non-hydrogen) atoms. The van der Waals surface area contributed by atoms with Gasteiger partial charge < -0.3 is 76.6 Å². The van der Waals surface area contributed by atoms with E-state index in [4.69, 9.17) is 66.6 Å². The van der Waals surface area contributed by atoms with Crippen molar-refractivity contribution in [3.8, 4) is 17.1 Å². The van der Waals surface area contributed by atoms with Crippen LogP contribution in [0.2, 0.25) is 0 Å². The number of hydrogen-bond donors (Lipinski definition) is 3. The van der Waals surface area contributed by atoms with Crippen LogP contribution >= 0.6 is 0 Å². The lowest BCUT2D eigenvalue weighted by atomic mass is 9.81. The lowest BCUT2D eigenvalue weighted by Gasteiger charge is -2.32. The Morgan fingerprint density at radius 1 is 0.709 bits per heavy atom. The van der Waals surface area contributed by atoms with Gasteiger partial charge in [-0.3, -0.25) is 14.4 Å². The Balaban J connectivity index is 0.710. The topological polar surface area (TPSA) is 263 Å². The molecule has 1 aliphatic carbocycles. The number of rotatable bonds is 42. The molecule has 0 saturated carbocycles. The second-order valence-corrected chi connectivity index (χ2v) is 21.2. The summed E-state index contributed by atoms with van der Waals surface area (Å²) in [6.45, 7) is 21.0. The van der Waals surface area contributed by atoms with Crippen LogP contribution in [0, 0.1) is 18.2 Å². The Hall–Kier alpha value is -5.87. The summed E-state index contributed by atoms with van der Waals surface area (Å²) in [5, 5.41) is 19.5. The van der Waals surface area contributed by atoms with Crippen LogP contribution in [0.4, 0.5) is 4.39 Å². The molecule has 4 heterocycles. The Kier molecular flexibility index (Phi) is 27.2. The molecule has 0 unspecified atom stereocenters. The molecule has 2 aromatic heterocycles. The van der Waals surface area contributed by atoms with Gasteiger partial charge in [-0.25, -0.2) is 19.6 Å². The predicted molar refractivity (Wildman–Crippen MR) is 314 cm³/mol. The quantitative estimate of drug-likeness (QED) is 0.0150. The van der Waals surface area contributed by atoms with Crippen LogP contribution in [0.25, 0.3) is 22.3 Å². The molecule has 0 saturated heterocycles. The Morgan fingerprint density at radius 3 is 1.69 bits per heavy atom. The van der Waals surface area contributed by atoms with E-state index >= 15 is 4.39 Å². The molecule has 2 amide bonds. The summed E-state index contributed by atoms with van der Waals surface area (Å²) in [6, 6.07) is 9.47. The number of hydrazone groups is 1. The molecule has 3 aliphatic rings. The number of carbonyl (C=O) groups excluding carboxylic acids is 3. The van der Waals surface area contributed by atoms with E-state index in [0.717, 1.165) is 18.6 Å². The molecular weight excluding hydrogens is 1120 g/mol. The van der Waals surface area contributed by atoms with Crippen LogP contribution < -0.4 is 21.0 Å². The van der Waals surface area contributed by atoms with Crippen molar-refractivity contribution in [2.45, 2.75) is 92.0 Å². The maximum Gasteiger partial charge on any atom is 0.343 e. The summed E-state index contributed by atoms with van der Waals surface area (Å²) < 4.78 is 88.7. The SMILES string of the molecule is CCCOCCOCCOCCOCCOCCOCCOCCOCCOCCOCCOCCOc1ccc(/C(C)=N\NC(=O)C(C)(C)C(=O)N[C@@H]2CCc3c(C)c(F)cc4nc5c(c2c34)Cn2c-5cc3c(c2=O)COC(=O)[C@@]3(O)CC)cc1. The van der Waals surface area contributed by atoms with Crippen LogP contribution in [0.1, 0.15) is 98.9 Å². The third-order valence-electron chi connectivity index (χ3n) is 15.0. The van der Waals surface area contributed by atoms with Gasteiger partial charge >= 0.3 is 5.97 Å².